The Bertz CT molecular complexity index is 513. The largest absolute Gasteiger partial charge is 0.379 e. The maximum absolute atomic E-state index is 5.20. The number of likely N-dealkylation sites (tertiary alicyclic amines) is 2. The standard InChI is InChI=1S/C8H17N.C8H11N.C7H15NO.C7H15N/c1-2-6-9-7-4-3-5-8-9;2*1-2-3-8-4-6-9-7-5-8;1-2-5-8-6-3-4-7-8/h2-8H2,1H3;4-7H,2-3H2,1H3;2-7H2,1H3;2-7H2,1H3. The number of ether oxygens (including phenoxy) is 1. The molecule has 3 saturated heterocycles. The van der Waals surface area contributed by atoms with E-state index in [2.05, 4.69) is 59.5 Å². The third kappa shape index (κ3) is 18.0. The van der Waals surface area contributed by atoms with Gasteiger partial charge in [-0.2, -0.15) is 0 Å². The minimum absolute atomic E-state index is 0.931. The van der Waals surface area contributed by atoms with Crippen LogP contribution < -0.4 is 0 Å². The number of morpholine rings is 1. The number of aryl methyl sites for hydroxylation is 1. The first-order valence-electron chi connectivity index (χ1n) is 14.9. The van der Waals surface area contributed by atoms with Gasteiger partial charge < -0.3 is 14.5 Å². The monoisotopic (exact) mass is 490 g/mol. The minimum Gasteiger partial charge on any atom is -0.379 e. The Hall–Kier alpha value is -1.01. The van der Waals surface area contributed by atoms with E-state index in [0.717, 1.165) is 26.3 Å². The lowest BCUT2D eigenvalue weighted by Gasteiger charge is -2.25. The molecule has 0 aromatic carbocycles. The van der Waals surface area contributed by atoms with Crippen molar-refractivity contribution in [2.75, 3.05) is 72.1 Å². The van der Waals surface area contributed by atoms with Gasteiger partial charge in [0.15, 0.2) is 0 Å². The number of rotatable bonds is 8. The quantitative estimate of drug-likeness (QED) is 0.437. The van der Waals surface area contributed by atoms with Gasteiger partial charge in [-0.3, -0.25) is 9.88 Å². The molecule has 0 unspecified atom stereocenters. The summed E-state index contributed by atoms with van der Waals surface area (Å²) in [5.74, 6) is 0. The molecule has 0 bridgehead atoms. The van der Waals surface area contributed by atoms with E-state index >= 15 is 0 Å². The molecule has 204 valence electrons. The van der Waals surface area contributed by atoms with Crippen LogP contribution in [-0.2, 0) is 11.2 Å². The maximum atomic E-state index is 5.20. The predicted octanol–water partition coefficient (Wildman–Crippen LogP) is 6.14. The first-order valence-corrected chi connectivity index (χ1v) is 14.9. The van der Waals surface area contributed by atoms with Crippen LogP contribution in [0.5, 0.6) is 0 Å². The van der Waals surface area contributed by atoms with E-state index in [9.17, 15) is 0 Å². The SMILES string of the molecule is CCCN1CCCC1.CCCN1CCCCC1.CCCN1CCOCC1.CCCc1ccncc1. The molecule has 35 heavy (non-hydrogen) atoms. The highest BCUT2D eigenvalue weighted by molar-refractivity contribution is 5.09. The minimum atomic E-state index is 0.931. The van der Waals surface area contributed by atoms with Gasteiger partial charge in [-0.1, -0.05) is 40.5 Å². The molecule has 0 amide bonds. The van der Waals surface area contributed by atoms with Gasteiger partial charge in [0.2, 0.25) is 0 Å². The van der Waals surface area contributed by atoms with E-state index in [1.165, 1.54) is 116 Å². The van der Waals surface area contributed by atoms with Crippen molar-refractivity contribution in [2.24, 2.45) is 0 Å². The second kappa shape index (κ2) is 23.4. The van der Waals surface area contributed by atoms with Crippen molar-refractivity contribution in [3.8, 4) is 0 Å². The molecule has 1 aromatic heterocycles. The van der Waals surface area contributed by atoms with Gasteiger partial charge in [-0.25, -0.2) is 0 Å². The Labute approximate surface area is 218 Å². The molecule has 0 spiro atoms. The molecular weight excluding hydrogens is 432 g/mol. The summed E-state index contributed by atoms with van der Waals surface area (Å²) in [6, 6.07) is 4.12. The van der Waals surface area contributed by atoms with Crippen LogP contribution in [0.3, 0.4) is 0 Å². The summed E-state index contributed by atoms with van der Waals surface area (Å²) in [6.07, 6.45) is 17.1. The van der Waals surface area contributed by atoms with Crippen LogP contribution in [0.4, 0.5) is 0 Å². The van der Waals surface area contributed by atoms with Crippen molar-refractivity contribution < 1.29 is 4.74 Å². The van der Waals surface area contributed by atoms with Gasteiger partial charge in [0.25, 0.3) is 0 Å². The summed E-state index contributed by atoms with van der Waals surface area (Å²) in [4.78, 5) is 11.5. The average Bonchev–Trinajstić information content (AvgIpc) is 3.42. The first-order chi connectivity index (χ1) is 17.2. The Morgan fingerprint density at radius 3 is 1.46 bits per heavy atom. The van der Waals surface area contributed by atoms with Crippen molar-refractivity contribution in [2.45, 2.75) is 91.9 Å². The highest BCUT2D eigenvalue weighted by Crippen LogP contribution is 2.08. The fourth-order valence-electron chi connectivity index (χ4n) is 4.80. The Kier molecular flexibility index (Phi) is 21.4. The third-order valence-corrected chi connectivity index (χ3v) is 6.66. The zero-order chi connectivity index (χ0) is 25.4. The summed E-state index contributed by atoms with van der Waals surface area (Å²) in [7, 11) is 0. The molecule has 0 aliphatic carbocycles. The maximum Gasteiger partial charge on any atom is 0.0594 e. The summed E-state index contributed by atoms with van der Waals surface area (Å²) in [5.41, 5.74) is 1.38. The van der Waals surface area contributed by atoms with Crippen LogP contribution in [0.15, 0.2) is 24.5 Å². The van der Waals surface area contributed by atoms with E-state index in [1.54, 1.807) is 0 Å². The van der Waals surface area contributed by atoms with Crippen LogP contribution >= 0.6 is 0 Å². The molecule has 4 heterocycles. The van der Waals surface area contributed by atoms with Gasteiger partial charge in [-0.05, 0) is 115 Å². The molecule has 5 heteroatoms. The Morgan fingerprint density at radius 1 is 0.600 bits per heavy atom. The van der Waals surface area contributed by atoms with Crippen LogP contribution in [0.25, 0.3) is 0 Å². The van der Waals surface area contributed by atoms with Gasteiger partial charge in [0, 0.05) is 25.5 Å². The van der Waals surface area contributed by atoms with E-state index in [4.69, 9.17) is 4.74 Å². The van der Waals surface area contributed by atoms with Crippen LogP contribution in [0, 0.1) is 0 Å². The van der Waals surface area contributed by atoms with Crippen molar-refractivity contribution >= 4 is 0 Å². The van der Waals surface area contributed by atoms with E-state index in [0.29, 0.717) is 0 Å². The lowest BCUT2D eigenvalue weighted by molar-refractivity contribution is 0.0380. The molecule has 0 radical (unpaired) electrons. The predicted molar refractivity (Wildman–Crippen MR) is 152 cm³/mol. The first kappa shape index (κ1) is 32.0. The summed E-state index contributed by atoms with van der Waals surface area (Å²) < 4.78 is 5.20. The highest BCUT2D eigenvalue weighted by atomic mass is 16.5. The zero-order valence-electron chi connectivity index (χ0n) is 23.9. The number of nitrogens with zero attached hydrogens (tertiary/aromatic N) is 4. The highest BCUT2D eigenvalue weighted by Gasteiger charge is 2.09. The van der Waals surface area contributed by atoms with Crippen LogP contribution in [-0.4, -0.2) is 91.8 Å². The van der Waals surface area contributed by atoms with Gasteiger partial charge in [-0.15, -0.1) is 0 Å². The number of aromatic nitrogens is 1. The number of hydrogen-bond donors (Lipinski definition) is 0. The second-order valence-electron chi connectivity index (χ2n) is 10.0. The Morgan fingerprint density at radius 2 is 1.03 bits per heavy atom. The van der Waals surface area contributed by atoms with E-state index in [-0.39, 0.29) is 0 Å². The molecule has 0 atom stereocenters. The smallest absolute Gasteiger partial charge is 0.0594 e. The molecular formula is C30H58N4O. The van der Waals surface area contributed by atoms with Crippen molar-refractivity contribution in [3.05, 3.63) is 30.1 Å². The topological polar surface area (TPSA) is 31.8 Å². The van der Waals surface area contributed by atoms with Crippen LogP contribution in [0.1, 0.15) is 91.0 Å². The summed E-state index contributed by atoms with van der Waals surface area (Å²) >= 11 is 0. The number of hydrogen-bond acceptors (Lipinski definition) is 5. The van der Waals surface area contributed by atoms with E-state index in [1.807, 2.05) is 12.4 Å². The van der Waals surface area contributed by atoms with Gasteiger partial charge in [0.1, 0.15) is 0 Å². The molecule has 0 saturated carbocycles. The molecule has 1 aromatic rings. The van der Waals surface area contributed by atoms with Gasteiger partial charge >= 0.3 is 0 Å². The molecule has 3 aliphatic heterocycles. The lowest BCUT2D eigenvalue weighted by atomic mass is 10.1. The van der Waals surface area contributed by atoms with Crippen LogP contribution in [0.2, 0.25) is 0 Å². The fourth-order valence-corrected chi connectivity index (χ4v) is 4.80. The summed E-state index contributed by atoms with van der Waals surface area (Å²) in [5, 5.41) is 0. The normalized spacial score (nSPS) is 19.0. The molecule has 5 nitrogen and oxygen atoms in total. The number of pyridine rings is 1. The van der Waals surface area contributed by atoms with E-state index < -0.39 is 0 Å². The Balaban J connectivity index is 0.000000234. The summed E-state index contributed by atoms with van der Waals surface area (Å²) in [6.45, 7) is 22.3. The molecule has 3 fully saturated rings. The third-order valence-electron chi connectivity index (χ3n) is 6.66. The molecule has 4 rings (SSSR count). The molecule has 3 aliphatic rings. The number of piperidine rings is 1. The average molecular weight is 491 g/mol. The fraction of sp³-hybridized carbons (Fsp3) is 0.833. The molecule has 0 N–H and O–H groups in total. The zero-order valence-corrected chi connectivity index (χ0v) is 23.9. The van der Waals surface area contributed by atoms with Crippen molar-refractivity contribution in [1.82, 2.24) is 19.7 Å². The second-order valence-corrected chi connectivity index (χ2v) is 10.0. The van der Waals surface area contributed by atoms with Crippen molar-refractivity contribution in [3.63, 3.8) is 0 Å². The van der Waals surface area contributed by atoms with Crippen molar-refractivity contribution in [1.29, 1.82) is 0 Å². The van der Waals surface area contributed by atoms with Gasteiger partial charge in [0.05, 0.1) is 13.2 Å². The lowest BCUT2D eigenvalue weighted by Crippen LogP contribution is -2.36.